The van der Waals surface area contributed by atoms with Crippen molar-refractivity contribution in [1.82, 2.24) is 19.8 Å². The van der Waals surface area contributed by atoms with Gasteiger partial charge in [-0.15, -0.1) is 0 Å². The summed E-state index contributed by atoms with van der Waals surface area (Å²) in [6, 6.07) is 0.974. The summed E-state index contributed by atoms with van der Waals surface area (Å²) in [5, 5.41) is 6.32. The van der Waals surface area contributed by atoms with E-state index in [9.17, 15) is 8.42 Å². The van der Waals surface area contributed by atoms with E-state index in [1.807, 2.05) is 13.8 Å². The molecule has 0 aromatic heterocycles. The molecule has 0 aromatic rings. The molecule has 0 heterocycles. The Bertz CT molecular complexity index is 451. The minimum Gasteiger partial charge on any atom is -0.355 e. The fourth-order valence-corrected chi connectivity index (χ4v) is 4.09. The second kappa shape index (κ2) is 11.7. The van der Waals surface area contributed by atoms with Crippen LogP contribution in [0.3, 0.4) is 0 Å². The van der Waals surface area contributed by atoms with Crippen molar-refractivity contribution in [3.8, 4) is 0 Å². The maximum Gasteiger partial charge on any atom is 0.215 e. The minimum absolute atomic E-state index is 0.0689. The lowest BCUT2D eigenvalue weighted by Crippen LogP contribution is -2.46. The summed E-state index contributed by atoms with van der Waals surface area (Å²) in [5.74, 6) is 0.705. The first-order valence-electron chi connectivity index (χ1n) is 8.87. The van der Waals surface area contributed by atoms with Crippen molar-refractivity contribution in [1.29, 1.82) is 0 Å². The van der Waals surface area contributed by atoms with Crippen molar-refractivity contribution in [3.05, 3.63) is 0 Å². The van der Waals surface area contributed by atoms with Gasteiger partial charge >= 0.3 is 0 Å². The Morgan fingerprint density at radius 3 is 1.92 bits per heavy atom. The number of aliphatic imine (C=N–C) groups is 1. The lowest BCUT2D eigenvalue weighted by Gasteiger charge is -2.30. The van der Waals surface area contributed by atoms with Crippen molar-refractivity contribution >= 4 is 16.0 Å². The Kier molecular flexibility index (Phi) is 11.2. The number of rotatable bonds is 11. The van der Waals surface area contributed by atoms with Crippen LogP contribution in [0.25, 0.3) is 0 Å². The standard InChI is InChI=1S/C16H37N5O2S/c1-8-20(9-2)24(22,23)13-11-19-16(17-7)18-10-12-21(14(3)4)15(5)6/h14-15H,8-13H2,1-7H3,(H2,17,18,19). The van der Waals surface area contributed by atoms with Crippen molar-refractivity contribution in [2.24, 2.45) is 4.99 Å². The van der Waals surface area contributed by atoms with Gasteiger partial charge in [-0.25, -0.2) is 12.7 Å². The molecule has 7 nitrogen and oxygen atoms in total. The molecule has 24 heavy (non-hydrogen) atoms. The van der Waals surface area contributed by atoms with Crippen LogP contribution in [0.4, 0.5) is 0 Å². The molecule has 0 aromatic carbocycles. The van der Waals surface area contributed by atoms with Gasteiger partial charge in [-0.05, 0) is 27.7 Å². The molecule has 0 aliphatic heterocycles. The largest absolute Gasteiger partial charge is 0.355 e. The third kappa shape index (κ3) is 8.30. The van der Waals surface area contributed by atoms with Crippen LogP contribution in [0.1, 0.15) is 41.5 Å². The third-order valence-electron chi connectivity index (χ3n) is 3.96. The fourth-order valence-electron chi connectivity index (χ4n) is 2.68. The van der Waals surface area contributed by atoms with Crippen LogP contribution in [0.5, 0.6) is 0 Å². The van der Waals surface area contributed by atoms with Crippen LogP contribution in [0.2, 0.25) is 0 Å². The SMILES string of the molecule is CCN(CC)S(=O)(=O)CCNC(=NC)NCCN(C(C)C)C(C)C. The highest BCUT2D eigenvalue weighted by Gasteiger charge is 2.18. The maximum absolute atomic E-state index is 12.1. The average molecular weight is 364 g/mol. The molecule has 8 heteroatoms. The molecular formula is C16H37N5O2S. The quantitative estimate of drug-likeness (QED) is 0.422. The molecular weight excluding hydrogens is 326 g/mol. The molecule has 0 unspecified atom stereocenters. The number of nitrogens with zero attached hydrogens (tertiary/aromatic N) is 3. The van der Waals surface area contributed by atoms with E-state index in [2.05, 4.69) is 48.2 Å². The molecule has 0 saturated carbocycles. The Hall–Kier alpha value is -0.860. The zero-order valence-electron chi connectivity index (χ0n) is 16.5. The zero-order valence-corrected chi connectivity index (χ0v) is 17.3. The Morgan fingerprint density at radius 2 is 1.50 bits per heavy atom. The average Bonchev–Trinajstić information content (AvgIpc) is 2.49. The van der Waals surface area contributed by atoms with Gasteiger partial charge in [0.2, 0.25) is 10.0 Å². The summed E-state index contributed by atoms with van der Waals surface area (Å²) in [5.41, 5.74) is 0. The van der Waals surface area contributed by atoms with Crippen molar-refractivity contribution in [3.63, 3.8) is 0 Å². The summed E-state index contributed by atoms with van der Waals surface area (Å²) < 4.78 is 25.7. The predicted molar refractivity (Wildman–Crippen MR) is 103 cm³/mol. The van der Waals surface area contributed by atoms with Crippen LogP contribution in [-0.4, -0.2) is 81.2 Å². The number of nitrogens with one attached hydrogen (secondary N) is 2. The first kappa shape index (κ1) is 23.1. The molecule has 0 amide bonds. The van der Waals surface area contributed by atoms with Crippen LogP contribution >= 0.6 is 0 Å². The van der Waals surface area contributed by atoms with Gasteiger partial charge in [-0.2, -0.15) is 0 Å². The van der Waals surface area contributed by atoms with Gasteiger partial charge < -0.3 is 10.6 Å². The molecule has 144 valence electrons. The summed E-state index contributed by atoms with van der Waals surface area (Å²) in [6.07, 6.45) is 0. The topological polar surface area (TPSA) is 77.0 Å². The highest BCUT2D eigenvalue weighted by Crippen LogP contribution is 2.03. The molecule has 2 N–H and O–H groups in total. The maximum atomic E-state index is 12.1. The fraction of sp³-hybridized carbons (Fsp3) is 0.938. The van der Waals surface area contributed by atoms with Crippen molar-refractivity contribution in [2.45, 2.75) is 53.6 Å². The smallest absolute Gasteiger partial charge is 0.215 e. The van der Waals surface area contributed by atoms with Gasteiger partial charge in [0.15, 0.2) is 5.96 Å². The number of hydrogen-bond acceptors (Lipinski definition) is 4. The summed E-state index contributed by atoms with van der Waals surface area (Å²) in [6.45, 7) is 15.5. The number of hydrogen-bond donors (Lipinski definition) is 2. The molecule has 0 fully saturated rings. The monoisotopic (exact) mass is 363 g/mol. The Balaban J connectivity index is 4.31. The van der Waals surface area contributed by atoms with Gasteiger partial charge in [0.05, 0.1) is 5.75 Å². The first-order valence-corrected chi connectivity index (χ1v) is 10.5. The molecule has 0 atom stereocenters. The molecule has 0 aliphatic rings. The normalized spacial score (nSPS) is 13.4. The van der Waals surface area contributed by atoms with Crippen LogP contribution in [0, 0.1) is 0 Å². The van der Waals surface area contributed by atoms with E-state index in [1.165, 1.54) is 4.31 Å². The number of sulfonamides is 1. The highest BCUT2D eigenvalue weighted by atomic mass is 32.2. The second-order valence-corrected chi connectivity index (χ2v) is 8.34. The molecule has 0 radical (unpaired) electrons. The van der Waals surface area contributed by atoms with Crippen molar-refractivity contribution < 1.29 is 8.42 Å². The van der Waals surface area contributed by atoms with E-state index in [4.69, 9.17) is 0 Å². The predicted octanol–water partition coefficient (Wildman–Crippen LogP) is 0.942. The minimum atomic E-state index is -3.20. The summed E-state index contributed by atoms with van der Waals surface area (Å²) >= 11 is 0. The number of guanidine groups is 1. The Morgan fingerprint density at radius 1 is 1.00 bits per heavy atom. The highest BCUT2D eigenvalue weighted by molar-refractivity contribution is 7.89. The lowest BCUT2D eigenvalue weighted by molar-refractivity contribution is 0.178. The molecule has 0 saturated heterocycles. The van der Waals surface area contributed by atoms with Gasteiger partial charge in [0.25, 0.3) is 0 Å². The molecule has 0 rings (SSSR count). The Labute approximate surface area is 148 Å². The second-order valence-electron chi connectivity index (χ2n) is 6.25. The van der Waals surface area contributed by atoms with E-state index < -0.39 is 10.0 Å². The molecule has 0 aliphatic carbocycles. The van der Waals surface area contributed by atoms with Gasteiger partial charge in [0, 0.05) is 51.9 Å². The van der Waals surface area contributed by atoms with Gasteiger partial charge in [-0.1, -0.05) is 13.8 Å². The third-order valence-corrected chi connectivity index (χ3v) is 5.99. The van der Waals surface area contributed by atoms with Crippen LogP contribution in [-0.2, 0) is 10.0 Å². The summed E-state index contributed by atoms with van der Waals surface area (Å²) in [4.78, 5) is 6.54. The van der Waals surface area contributed by atoms with E-state index in [-0.39, 0.29) is 5.75 Å². The van der Waals surface area contributed by atoms with Gasteiger partial charge in [-0.3, -0.25) is 9.89 Å². The van der Waals surface area contributed by atoms with E-state index in [0.717, 1.165) is 13.1 Å². The molecule has 0 bridgehead atoms. The van der Waals surface area contributed by atoms with E-state index in [1.54, 1.807) is 7.05 Å². The molecule has 0 spiro atoms. The lowest BCUT2D eigenvalue weighted by atomic mass is 10.2. The van der Waals surface area contributed by atoms with E-state index in [0.29, 0.717) is 37.7 Å². The first-order chi connectivity index (χ1) is 11.2. The van der Waals surface area contributed by atoms with Crippen molar-refractivity contribution in [2.75, 3.05) is 45.5 Å². The van der Waals surface area contributed by atoms with Crippen LogP contribution in [0.15, 0.2) is 4.99 Å². The summed E-state index contributed by atoms with van der Waals surface area (Å²) in [7, 11) is -1.51. The van der Waals surface area contributed by atoms with E-state index >= 15 is 0 Å². The zero-order chi connectivity index (χ0) is 18.8. The van der Waals surface area contributed by atoms with Crippen LogP contribution < -0.4 is 10.6 Å². The van der Waals surface area contributed by atoms with Gasteiger partial charge in [0.1, 0.15) is 0 Å².